The van der Waals surface area contributed by atoms with Gasteiger partial charge in [0.25, 0.3) is 11.8 Å². The third-order valence-corrected chi connectivity index (χ3v) is 12.7. The molecule has 0 bridgehead atoms. The predicted molar refractivity (Wildman–Crippen MR) is 215 cm³/mol. The van der Waals surface area contributed by atoms with Gasteiger partial charge in [0.1, 0.15) is 41.2 Å². The minimum absolute atomic E-state index is 0.0229. The van der Waals surface area contributed by atoms with E-state index in [9.17, 15) is 19.2 Å². The Hall–Kier alpha value is -6.26. The second kappa shape index (κ2) is 14.8. The molecule has 15 nitrogen and oxygen atoms in total. The van der Waals surface area contributed by atoms with Crippen molar-refractivity contribution < 1.29 is 28.3 Å². The number of carbonyl (C=O) groups is 4. The average Bonchev–Trinajstić information content (AvgIpc) is 3.73. The van der Waals surface area contributed by atoms with Crippen molar-refractivity contribution in [2.75, 3.05) is 49.9 Å². The highest BCUT2D eigenvalue weighted by Crippen LogP contribution is 2.39. The van der Waals surface area contributed by atoms with Crippen LogP contribution >= 0.6 is 0 Å². The molecule has 16 heteroatoms. The van der Waals surface area contributed by atoms with Crippen LogP contribution in [-0.2, 0) is 9.59 Å². The van der Waals surface area contributed by atoms with E-state index in [2.05, 4.69) is 29.8 Å². The molecule has 2 aromatic heterocycles. The number of rotatable bonds is 8. The molecule has 59 heavy (non-hydrogen) atoms. The van der Waals surface area contributed by atoms with Crippen molar-refractivity contribution in [3.63, 3.8) is 0 Å². The molecule has 3 N–H and O–H groups in total. The Kier molecular flexibility index (Phi) is 9.32. The van der Waals surface area contributed by atoms with E-state index in [0.29, 0.717) is 24.9 Å². The fourth-order valence-corrected chi connectivity index (χ4v) is 9.50. The molecule has 10 rings (SSSR count). The van der Waals surface area contributed by atoms with E-state index in [1.807, 2.05) is 59.5 Å². The number of imide groups is 2. The molecule has 3 aromatic carbocycles. The molecule has 302 valence electrons. The zero-order valence-corrected chi connectivity index (χ0v) is 32.3. The molecule has 5 aromatic rings. The monoisotopic (exact) mass is 798 g/mol. The van der Waals surface area contributed by atoms with Gasteiger partial charge >= 0.3 is 0 Å². The second-order valence-corrected chi connectivity index (χ2v) is 16.1. The first-order valence-corrected chi connectivity index (χ1v) is 20.3. The number of anilines is 2. The Bertz CT molecular complexity index is 2470. The maximum absolute atomic E-state index is 15.4. The number of para-hydroxylation sites is 1. The van der Waals surface area contributed by atoms with E-state index >= 15 is 4.39 Å². The zero-order chi connectivity index (χ0) is 40.4. The van der Waals surface area contributed by atoms with Gasteiger partial charge in [0.15, 0.2) is 5.65 Å². The molecule has 4 amide bonds. The molecule has 1 saturated carbocycles. The Balaban J connectivity index is 0.740. The molecular weight excluding hydrogens is 756 g/mol. The Morgan fingerprint density at radius 3 is 2.08 bits per heavy atom. The zero-order valence-electron chi connectivity index (χ0n) is 32.3. The van der Waals surface area contributed by atoms with Crippen LogP contribution in [0.4, 0.5) is 15.9 Å². The summed E-state index contributed by atoms with van der Waals surface area (Å²) in [7, 11) is 0. The maximum Gasteiger partial charge on any atom is 0.262 e. The van der Waals surface area contributed by atoms with Crippen LogP contribution in [0.5, 0.6) is 11.5 Å². The van der Waals surface area contributed by atoms with Gasteiger partial charge in [-0.25, -0.2) is 19.0 Å². The largest absolute Gasteiger partial charge is 0.457 e. The van der Waals surface area contributed by atoms with Crippen LogP contribution in [0.25, 0.3) is 22.3 Å². The van der Waals surface area contributed by atoms with Crippen LogP contribution in [0.3, 0.4) is 0 Å². The molecule has 0 spiro atoms. The minimum Gasteiger partial charge on any atom is -0.457 e. The van der Waals surface area contributed by atoms with E-state index in [1.54, 1.807) is 0 Å². The molecule has 0 radical (unpaired) electrons. The van der Waals surface area contributed by atoms with E-state index < -0.39 is 35.5 Å². The highest BCUT2D eigenvalue weighted by molar-refractivity contribution is 6.23. The number of piperidine rings is 1. The molecule has 5 aliphatic rings. The van der Waals surface area contributed by atoms with Crippen molar-refractivity contribution in [3.05, 3.63) is 90.0 Å². The Labute approximate surface area is 338 Å². The topological polar surface area (TPSA) is 172 Å². The van der Waals surface area contributed by atoms with Gasteiger partial charge < -0.3 is 15.4 Å². The standard InChI is InChI=1S/C43H43FN10O5/c44-33-20-31-32(43(58)53(42(31)57)34-14-15-36(55)48-41(34)56)21-35(33)52-22-28(23-52)51-18-16-50(17-19-51)26-8-10-27(11-9-26)54-40-37(39(45)46-24-47-40)38(49-54)25-6-12-30(13-7-25)59-29-4-2-1-3-5-29/h1-7,12-13,20-21,24,26-28,34H,8-11,14-19,22-23H2,(H2,45,46,47)(H,48,55,56)/t26?,27?,34-/m1/s1. The molecule has 4 aliphatic heterocycles. The third kappa shape index (κ3) is 6.65. The number of aromatic nitrogens is 4. The first-order valence-electron chi connectivity index (χ1n) is 20.3. The number of amides is 4. The van der Waals surface area contributed by atoms with Crippen molar-refractivity contribution in [1.29, 1.82) is 0 Å². The maximum atomic E-state index is 15.4. The highest BCUT2D eigenvalue weighted by atomic mass is 19.1. The van der Waals surface area contributed by atoms with Crippen LogP contribution in [0, 0.1) is 5.82 Å². The lowest BCUT2D eigenvalue weighted by atomic mass is 9.89. The van der Waals surface area contributed by atoms with Crippen LogP contribution < -0.4 is 20.7 Å². The van der Waals surface area contributed by atoms with Crippen LogP contribution in [-0.4, -0.2) is 115 Å². The summed E-state index contributed by atoms with van der Waals surface area (Å²) in [6.45, 7) is 4.95. The summed E-state index contributed by atoms with van der Waals surface area (Å²) in [6.07, 6.45) is 5.61. The lowest BCUT2D eigenvalue weighted by Crippen LogP contribution is -2.64. The summed E-state index contributed by atoms with van der Waals surface area (Å²) in [5.74, 6) is -1.16. The van der Waals surface area contributed by atoms with Crippen LogP contribution in [0.2, 0.25) is 0 Å². The van der Waals surface area contributed by atoms with Crippen molar-refractivity contribution in [2.24, 2.45) is 0 Å². The summed E-state index contributed by atoms with van der Waals surface area (Å²) in [5.41, 5.74) is 9.17. The lowest BCUT2D eigenvalue weighted by molar-refractivity contribution is -0.136. The Morgan fingerprint density at radius 1 is 0.746 bits per heavy atom. The molecule has 6 heterocycles. The predicted octanol–water partition coefficient (Wildman–Crippen LogP) is 4.40. The first-order chi connectivity index (χ1) is 28.7. The van der Waals surface area contributed by atoms with Gasteiger partial charge in [-0.05, 0) is 80.6 Å². The average molecular weight is 799 g/mol. The van der Waals surface area contributed by atoms with Gasteiger partial charge in [-0.3, -0.25) is 39.2 Å². The van der Waals surface area contributed by atoms with Gasteiger partial charge in [-0.2, -0.15) is 5.10 Å². The number of piperazine rings is 1. The van der Waals surface area contributed by atoms with Gasteiger partial charge in [0.05, 0.1) is 28.2 Å². The molecule has 4 fully saturated rings. The van der Waals surface area contributed by atoms with Gasteiger partial charge in [0.2, 0.25) is 11.8 Å². The number of hydrogen-bond acceptors (Lipinski definition) is 12. The summed E-state index contributed by atoms with van der Waals surface area (Å²) in [5, 5.41) is 8.06. The summed E-state index contributed by atoms with van der Waals surface area (Å²) < 4.78 is 23.5. The van der Waals surface area contributed by atoms with Crippen LogP contribution in [0.1, 0.15) is 65.3 Å². The van der Waals surface area contributed by atoms with Gasteiger partial charge in [0, 0.05) is 63.3 Å². The summed E-state index contributed by atoms with van der Waals surface area (Å²) in [4.78, 5) is 67.3. The quantitative estimate of drug-likeness (QED) is 0.213. The van der Waals surface area contributed by atoms with E-state index in [-0.39, 0.29) is 41.7 Å². The minimum atomic E-state index is -1.09. The summed E-state index contributed by atoms with van der Waals surface area (Å²) >= 11 is 0. The van der Waals surface area contributed by atoms with Crippen molar-refractivity contribution in [3.8, 4) is 22.8 Å². The Morgan fingerprint density at radius 2 is 1.39 bits per heavy atom. The highest BCUT2D eigenvalue weighted by Gasteiger charge is 2.46. The smallest absolute Gasteiger partial charge is 0.262 e. The summed E-state index contributed by atoms with van der Waals surface area (Å²) in [6, 6.07) is 19.9. The molecule has 3 saturated heterocycles. The number of hydrogen-bond donors (Lipinski definition) is 2. The number of ether oxygens (including phenoxy) is 1. The van der Waals surface area contributed by atoms with Crippen molar-refractivity contribution >= 4 is 46.2 Å². The van der Waals surface area contributed by atoms with E-state index in [0.717, 1.165) is 96.6 Å². The van der Waals surface area contributed by atoms with Gasteiger partial charge in [-0.1, -0.05) is 18.2 Å². The van der Waals surface area contributed by atoms with E-state index in [4.69, 9.17) is 15.6 Å². The third-order valence-electron chi connectivity index (χ3n) is 12.7. The van der Waals surface area contributed by atoms with Gasteiger partial charge in [-0.15, -0.1) is 0 Å². The number of nitrogens with zero attached hydrogens (tertiary/aromatic N) is 8. The SMILES string of the molecule is Nc1ncnc2c1c(-c1ccc(Oc3ccccc3)cc1)nn2C1CCC(N2CCN(C3CN(c4cc5c(cc4F)C(=O)N([C@@H]4CCC(=O)NC4=O)C5=O)C3)CC2)CC1. The number of nitrogens with two attached hydrogens (primary N) is 1. The lowest BCUT2D eigenvalue weighted by Gasteiger charge is -2.50. The van der Waals surface area contributed by atoms with Crippen molar-refractivity contribution in [1.82, 2.24) is 39.8 Å². The molecular formula is C43H43FN10O5. The molecule has 0 unspecified atom stereocenters. The number of nitrogens with one attached hydrogen (secondary N) is 1. The number of nitrogen functional groups attached to an aromatic ring is 1. The number of halogens is 1. The fraction of sp³-hybridized carbons (Fsp3) is 0.372. The first kappa shape index (κ1) is 37.0. The van der Waals surface area contributed by atoms with Crippen LogP contribution in [0.15, 0.2) is 73.1 Å². The second-order valence-electron chi connectivity index (χ2n) is 16.1. The number of fused-ring (bicyclic) bond motifs is 2. The number of benzene rings is 3. The number of carbonyl (C=O) groups excluding carboxylic acids is 4. The molecule has 1 aliphatic carbocycles. The van der Waals surface area contributed by atoms with Crippen molar-refractivity contribution in [2.45, 2.75) is 62.7 Å². The van der Waals surface area contributed by atoms with E-state index in [1.165, 1.54) is 12.4 Å². The molecule has 1 atom stereocenters. The normalized spacial score (nSPS) is 23.1. The fourth-order valence-electron chi connectivity index (χ4n) is 9.50.